The lowest BCUT2D eigenvalue weighted by atomic mass is 10.2. The first-order valence-electron chi connectivity index (χ1n) is 4.53. The Morgan fingerprint density at radius 2 is 2.15 bits per heavy atom. The van der Waals surface area contributed by atoms with Crippen LogP contribution in [0.1, 0.15) is 32.6 Å². The van der Waals surface area contributed by atoms with E-state index in [0.717, 1.165) is 12.8 Å². The Morgan fingerprint density at radius 3 is 2.69 bits per heavy atom. The highest BCUT2D eigenvalue weighted by Gasteiger charge is 2.05. The molecule has 0 heterocycles. The van der Waals surface area contributed by atoms with Crippen molar-refractivity contribution in [3.63, 3.8) is 0 Å². The summed E-state index contributed by atoms with van der Waals surface area (Å²) < 4.78 is 0. The van der Waals surface area contributed by atoms with E-state index in [0.29, 0.717) is 6.54 Å². The zero-order valence-corrected chi connectivity index (χ0v) is 8.05. The van der Waals surface area contributed by atoms with Gasteiger partial charge in [0.1, 0.15) is 0 Å². The van der Waals surface area contributed by atoms with Crippen molar-refractivity contribution in [3.8, 4) is 6.07 Å². The molecule has 0 atom stereocenters. The summed E-state index contributed by atoms with van der Waals surface area (Å²) in [5.74, 6) is -1.06. The topological polar surface area (TPSA) is 41.7 Å². The Balaban J connectivity index is 3.51. The standard InChI is InChI=1S/C10H15NO2/c1-3-4-5-6-7-11-8-9(2)10(12)13/h2-7H2,1H3/p+1. The molecule has 0 aromatic heterocycles. The highest BCUT2D eigenvalue weighted by molar-refractivity contribution is 5.90. The quantitative estimate of drug-likeness (QED) is 0.403. The van der Waals surface area contributed by atoms with Gasteiger partial charge in [0.25, 0.3) is 6.54 Å². The second-order valence-corrected chi connectivity index (χ2v) is 2.84. The largest absolute Gasteiger partial charge is 0.477 e. The second kappa shape index (κ2) is 7.35. The fourth-order valence-corrected chi connectivity index (χ4v) is 0.817. The highest BCUT2D eigenvalue weighted by atomic mass is 16.4. The number of nitrogens with zero attached hydrogens (tertiary/aromatic N) is 1. The van der Waals surface area contributed by atoms with Gasteiger partial charge in [-0.15, -0.1) is 0 Å². The zero-order chi connectivity index (χ0) is 10.1. The molecular formula is C10H16NO2+. The van der Waals surface area contributed by atoms with Gasteiger partial charge in [-0.1, -0.05) is 31.2 Å². The third-order valence-corrected chi connectivity index (χ3v) is 1.60. The predicted molar refractivity (Wildman–Crippen MR) is 53.0 cm³/mol. The van der Waals surface area contributed by atoms with Crippen LogP contribution in [0.4, 0.5) is 0 Å². The summed E-state index contributed by atoms with van der Waals surface area (Å²) in [5.41, 5.74) is -0.0736. The minimum Gasteiger partial charge on any atom is -0.477 e. The van der Waals surface area contributed by atoms with Gasteiger partial charge >= 0.3 is 12.0 Å². The summed E-state index contributed by atoms with van der Waals surface area (Å²) in [6.07, 6.45) is 4.53. The van der Waals surface area contributed by atoms with E-state index >= 15 is 0 Å². The van der Waals surface area contributed by atoms with E-state index in [2.05, 4.69) is 24.4 Å². The van der Waals surface area contributed by atoms with Gasteiger partial charge in [0, 0.05) is 6.42 Å². The summed E-state index contributed by atoms with van der Waals surface area (Å²) >= 11 is 0. The van der Waals surface area contributed by atoms with Crippen molar-refractivity contribution < 1.29 is 9.90 Å². The fourth-order valence-electron chi connectivity index (χ4n) is 0.817. The number of carbonyl (C=O) groups is 1. The van der Waals surface area contributed by atoms with E-state index in [1.165, 1.54) is 12.8 Å². The summed E-state index contributed by atoms with van der Waals surface area (Å²) in [7, 11) is 0. The molecule has 0 rings (SSSR count). The lowest BCUT2D eigenvalue weighted by Crippen LogP contribution is -1.95. The van der Waals surface area contributed by atoms with Crippen LogP contribution in [-0.2, 0) is 4.79 Å². The van der Waals surface area contributed by atoms with Gasteiger partial charge < -0.3 is 5.11 Å². The average Bonchev–Trinajstić information content (AvgIpc) is 2.10. The third-order valence-electron chi connectivity index (χ3n) is 1.60. The maximum Gasteiger partial charge on any atom is 0.350 e. The molecule has 0 saturated heterocycles. The number of carboxylic acids is 1. The molecular weight excluding hydrogens is 166 g/mol. The van der Waals surface area contributed by atoms with E-state index in [-0.39, 0.29) is 5.57 Å². The van der Waals surface area contributed by atoms with Crippen LogP contribution in [0.15, 0.2) is 12.2 Å². The van der Waals surface area contributed by atoms with Gasteiger partial charge in [-0.05, 0) is 6.42 Å². The van der Waals surface area contributed by atoms with E-state index in [1.54, 1.807) is 0 Å². The molecule has 0 bridgehead atoms. The van der Waals surface area contributed by atoms with Gasteiger partial charge in [-0.3, -0.25) is 0 Å². The number of aliphatic carboxylic acids is 1. The lowest BCUT2D eigenvalue weighted by molar-refractivity contribution is -0.132. The fraction of sp³-hybridized carbons (Fsp3) is 0.600. The van der Waals surface area contributed by atoms with E-state index < -0.39 is 5.97 Å². The molecule has 0 unspecified atom stereocenters. The Hall–Kier alpha value is -1.30. The van der Waals surface area contributed by atoms with E-state index in [4.69, 9.17) is 5.11 Å². The number of hydrogen-bond donors (Lipinski definition) is 1. The maximum atomic E-state index is 10.2. The Kier molecular flexibility index (Phi) is 6.62. The van der Waals surface area contributed by atoms with Crippen molar-refractivity contribution >= 4 is 5.97 Å². The molecule has 0 amide bonds. The molecule has 0 aliphatic carbocycles. The molecule has 0 aromatic carbocycles. The third kappa shape index (κ3) is 7.07. The summed E-state index contributed by atoms with van der Waals surface area (Å²) in [6, 6.07) is 2.39. The number of carboxylic acid groups (broad SMARTS) is 1. The van der Waals surface area contributed by atoms with Crippen molar-refractivity contribution in [2.24, 2.45) is 0 Å². The van der Waals surface area contributed by atoms with Crippen LogP contribution in [0.3, 0.4) is 0 Å². The van der Waals surface area contributed by atoms with Gasteiger partial charge in [-0.2, -0.15) is 0 Å². The smallest absolute Gasteiger partial charge is 0.350 e. The van der Waals surface area contributed by atoms with Crippen molar-refractivity contribution in [2.45, 2.75) is 32.6 Å². The Bertz CT molecular complexity index is 235. The van der Waals surface area contributed by atoms with Crippen molar-refractivity contribution in [1.29, 1.82) is 0 Å². The summed E-state index contributed by atoms with van der Waals surface area (Å²) in [5, 5.41) is 8.40. The molecule has 0 radical (unpaired) electrons. The second-order valence-electron chi connectivity index (χ2n) is 2.84. The number of rotatable bonds is 5. The molecule has 13 heavy (non-hydrogen) atoms. The first-order chi connectivity index (χ1) is 6.18. The Labute approximate surface area is 78.9 Å². The van der Waals surface area contributed by atoms with Gasteiger partial charge in [0.2, 0.25) is 0 Å². The first-order valence-corrected chi connectivity index (χ1v) is 4.53. The van der Waals surface area contributed by atoms with Gasteiger partial charge in [0.15, 0.2) is 5.57 Å². The van der Waals surface area contributed by atoms with Crippen molar-refractivity contribution in [1.82, 2.24) is 0 Å². The molecule has 0 aliphatic heterocycles. The normalized spacial score (nSPS) is 8.69. The molecule has 3 nitrogen and oxygen atoms in total. The van der Waals surface area contributed by atoms with Crippen LogP contribution in [0.25, 0.3) is 4.85 Å². The van der Waals surface area contributed by atoms with Crippen LogP contribution in [0, 0.1) is 6.07 Å². The van der Waals surface area contributed by atoms with Crippen LogP contribution < -0.4 is 0 Å². The van der Waals surface area contributed by atoms with Crippen molar-refractivity contribution in [3.05, 3.63) is 17.0 Å². The van der Waals surface area contributed by atoms with Crippen LogP contribution >= 0.6 is 0 Å². The van der Waals surface area contributed by atoms with Crippen molar-refractivity contribution in [2.75, 3.05) is 6.54 Å². The summed E-state index contributed by atoms with van der Waals surface area (Å²) in [6.45, 7) is 6.07. The molecule has 0 fully saturated rings. The number of hydrogen-bond acceptors (Lipinski definition) is 1. The zero-order valence-electron chi connectivity index (χ0n) is 8.05. The predicted octanol–water partition coefficient (Wildman–Crippen LogP) is 2.54. The SMILES string of the molecule is C=C(C#[N+]CCCCCC)C(=O)O. The maximum absolute atomic E-state index is 10.2. The molecule has 3 heteroatoms. The number of unbranched alkanes of at least 4 members (excludes halogenated alkanes) is 3. The molecule has 0 spiro atoms. The van der Waals surface area contributed by atoms with Gasteiger partial charge in [0.05, 0.1) is 0 Å². The monoisotopic (exact) mass is 182 g/mol. The molecule has 0 saturated carbocycles. The van der Waals surface area contributed by atoms with Crippen LogP contribution in [-0.4, -0.2) is 17.6 Å². The molecule has 72 valence electrons. The minimum absolute atomic E-state index is 0.0736. The molecule has 0 aromatic rings. The minimum atomic E-state index is -1.06. The van der Waals surface area contributed by atoms with E-state index in [9.17, 15) is 4.79 Å². The highest BCUT2D eigenvalue weighted by Crippen LogP contribution is 1.98. The van der Waals surface area contributed by atoms with E-state index in [1.807, 2.05) is 0 Å². The lowest BCUT2D eigenvalue weighted by Gasteiger charge is -1.86. The van der Waals surface area contributed by atoms with Gasteiger partial charge in [-0.25, -0.2) is 4.79 Å². The first kappa shape index (κ1) is 11.7. The molecule has 1 N–H and O–H groups in total. The average molecular weight is 182 g/mol. The summed E-state index contributed by atoms with van der Waals surface area (Å²) in [4.78, 5) is 14.1. The van der Waals surface area contributed by atoms with Crippen LogP contribution in [0.5, 0.6) is 0 Å². The molecule has 0 aliphatic rings. The van der Waals surface area contributed by atoms with Crippen LogP contribution in [0.2, 0.25) is 0 Å². The Morgan fingerprint density at radius 1 is 1.46 bits per heavy atom.